The molecular formula is C6H6N2O2S. The van der Waals surface area contributed by atoms with Gasteiger partial charge >= 0.3 is 5.97 Å². The second-order valence-corrected chi connectivity index (χ2v) is 2.66. The molecule has 0 saturated heterocycles. The van der Waals surface area contributed by atoms with E-state index in [1.54, 1.807) is 10.9 Å². The predicted octanol–water partition coefficient (Wildman–Crippen LogP) is 0.790. The van der Waals surface area contributed by atoms with Gasteiger partial charge < -0.3 is 5.11 Å². The van der Waals surface area contributed by atoms with Crippen LogP contribution in [-0.4, -0.2) is 21.8 Å². The van der Waals surface area contributed by atoms with Crippen molar-refractivity contribution in [2.24, 2.45) is 0 Å². The third-order valence-electron chi connectivity index (χ3n) is 1.10. The molecule has 5 heteroatoms. The lowest BCUT2D eigenvalue weighted by Crippen LogP contribution is -2.14. The van der Waals surface area contributed by atoms with Crippen LogP contribution >= 0.6 is 11.3 Å². The topological polar surface area (TPSA) is 74.0 Å². The predicted molar refractivity (Wildman–Crippen MR) is 41.2 cm³/mol. The average molecular weight is 170 g/mol. The molecule has 0 atom stereocenters. The molecule has 1 aromatic rings. The molecule has 58 valence electrons. The molecule has 0 amide bonds. The third-order valence-corrected chi connectivity index (χ3v) is 1.73. The van der Waals surface area contributed by atoms with Gasteiger partial charge in [-0.05, 0) is 0 Å². The van der Waals surface area contributed by atoms with E-state index in [0.29, 0.717) is 5.69 Å². The first-order chi connectivity index (χ1) is 5.20. The Kier molecular flexibility index (Phi) is 2.32. The maximum Gasteiger partial charge on any atom is 0.349 e. The molecule has 1 rings (SSSR count). The Balaban J connectivity index is 2.57. The zero-order valence-corrected chi connectivity index (χ0v) is 6.39. The molecule has 0 aliphatic rings. The SMILES string of the molecule is N=C(Cc1cscn1)C(=O)O. The summed E-state index contributed by atoms with van der Waals surface area (Å²) in [6, 6.07) is 0. The van der Waals surface area contributed by atoms with E-state index >= 15 is 0 Å². The molecule has 0 aliphatic heterocycles. The number of nitrogens with zero attached hydrogens (tertiary/aromatic N) is 1. The largest absolute Gasteiger partial charge is 0.477 e. The number of thiazole rings is 1. The highest BCUT2D eigenvalue weighted by molar-refractivity contribution is 7.07. The first-order valence-corrected chi connectivity index (χ1v) is 3.82. The van der Waals surface area contributed by atoms with Gasteiger partial charge in [-0.1, -0.05) is 0 Å². The van der Waals surface area contributed by atoms with Gasteiger partial charge in [-0.2, -0.15) is 0 Å². The standard InChI is InChI=1S/C6H6N2O2S/c7-5(6(9)10)1-4-2-11-3-8-4/h2-3,7H,1H2,(H,9,10). The highest BCUT2D eigenvalue weighted by Gasteiger charge is 2.07. The van der Waals surface area contributed by atoms with Crippen LogP contribution in [0.3, 0.4) is 0 Å². The van der Waals surface area contributed by atoms with Crippen molar-refractivity contribution >= 4 is 23.0 Å². The van der Waals surface area contributed by atoms with E-state index in [-0.39, 0.29) is 12.1 Å². The lowest BCUT2D eigenvalue weighted by molar-refractivity contribution is -0.129. The number of aliphatic carboxylic acids is 1. The van der Waals surface area contributed by atoms with Gasteiger partial charge in [-0.25, -0.2) is 9.78 Å². The monoisotopic (exact) mass is 170 g/mol. The Morgan fingerprint density at radius 1 is 1.82 bits per heavy atom. The van der Waals surface area contributed by atoms with Gasteiger partial charge in [0, 0.05) is 11.8 Å². The van der Waals surface area contributed by atoms with Crippen LogP contribution in [0.4, 0.5) is 0 Å². The molecule has 0 aliphatic carbocycles. The van der Waals surface area contributed by atoms with Crippen molar-refractivity contribution in [3.05, 3.63) is 16.6 Å². The van der Waals surface area contributed by atoms with Gasteiger partial charge in [0.25, 0.3) is 0 Å². The number of aromatic nitrogens is 1. The number of rotatable bonds is 3. The first-order valence-electron chi connectivity index (χ1n) is 2.88. The minimum absolute atomic E-state index is 0.110. The minimum Gasteiger partial charge on any atom is -0.477 e. The van der Waals surface area contributed by atoms with Crippen LogP contribution < -0.4 is 0 Å². The quantitative estimate of drug-likeness (QED) is 0.658. The summed E-state index contributed by atoms with van der Waals surface area (Å²) < 4.78 is 0. The van der Waals surface area contributed by atoms with Gasteiger partial charge in [0.15, 0.2) is 0 Å². The Morgan fingerprint density at radius 2 is 2.55 bits per heavy atom. The van der Waals surface area contributed by atoms with Gasteiger partial charge in [-0.3, -0.25) is 5.41 Å². The Morgan fingerprint density at radius 3 is 3.00 bits per heavy atom. The molecule has 2 N–H and O–H groups in total. The fourth-order valence-corrected chi connectivity index (χ4v) is 1.14. The average Bonchev–Trinajstić information content (AvgIpc) is 2.39. The smallest absolute Gasteiger partial charge is 0.349 e. The molecule has 0 fully saturated rings. The van der Waals surface area contributed by atoms with E-state index in [0.717, 1.165) is 0 Å². The van der Waals surface area contributed by atoms with E-state index in [2.05, 4.69) is 4.98 Å². The zero-order chi connectivity index (χ0) is 8.27. The Bertz CT molecular complexity index is 268. The van der Waals surface area contributed by atoms with E-state index in [9.17, 15) is 4.79 Å². The Hall–Kier alpha value is -1.23. The summed E-state index contributed by atoms with van der Waals surface area (Å²) in [5.74, 6) is -1.18. The summed E-state index contributed by atoms with van der Waals surface area (Å²) in [4.78, 5) is 14.0. The first kappa shape index (κ1) is 7.87. The summed E-state index contributed by atoms with van der Waals surface area (Å²) in [6.45, 7) is 0. The van der Waals surface area contributed by atoms with Crippen LogP contribution in [0.5, 0.6) is 0 Å². The normalized spacial score (nSPS) is 9.45. The molecule has 0 aromatic carbocycles. The molecule has 0 radical (unpaired) electrons. The molecule has 0 bridgehead atoms. The van der Waals surface area contributed by atoms with Crippen molar-refractivity contribution in [2.75, 3.05) is 0 Å². The van der Waals surface area contributed by atoms with E-state index < -0.39 is 5.97 Å². The number of hydrogen-bond donors (Lipinski definition) is 2. The van der Waals surface area contributed by atoms with Gasteiger partial charge in [0.2, 0.25) is 0 Å². The van der Waals surface area contributed by atoms with Gasteiger partial charge in [0.1, 0.15) is 5.71 Å². The molecule has 11 heavy (non-hydrogen) atoms. The van der Waals surface area contributed by atoms with Crippen molar-refractivity contribution in [1.82, 2.24) is 4.98 Å². The number of carbonyl (C=O) groups is 1. The molecule has 0 unspecified atom stereocenters. The van der Waals surface area contributed by atoms with Crippen LogP contribution in [0.2, 0.25) is 0 Å². The van der Waals surface area contributed by atoms with Crippen LogP contribution in [0.15, 0.2) is 10.9 Å². The Labute approximate surface area is 67.0 Å². The highest BCUT2D eigenvalue weighted by Crippen LogP contribution is 2.01. The van der Waals surface area contributed by atoms with Crippen LogP contribution in [0, 0.1) is 5.41 Å². The van der Waals surface area contributed by atoms with Crippen molar-refractivity contribution in [2.45, 2.75) is 6.42 Å². The van der Waals surface area contributed by atoms with Crippen molar-refractivity contribution in [3.63, 3.8) is 0 Å². The number of carboxylic acid groups (broad SMARTS) is 1. The van der Waals surface area contributed by atoms with Crippen LogP contribution in [0.25, 0.3) is 0 Å². The number of carboxylic acids is 1. The zero-order valence-electron chi connectivity index (χ0n) is 5.57. The maximum absolute atomic E-state index is 10.2. The molecule has 0 spiro atoms. The highest BCUT2D eigenvalue weighted by atomic mass is 32.1. The summed E-state index contributed by atoms with van der Waals surface area (Å²) >= 11 is 1.39. The van der Waals surface area contributed by atoms with Crippen molar-refractivity contribution < 1.29 is 9.90 Å². The summed E-state index contributed by atoms with van der Waals surface area (Å²) in [7, 11) is 0. The fourth-order valence-electron chi connectivity index (χ4n) is 0.582. The van der Waals surface area contributed by atoms with E-state index in [1.807, 2.05) is 0 Å². The summed E-state index contributed by atoms with van der Waals surface area (Å²) in [6.07, 6.45) is 0.110. The van der Waals surface area contributed by atoms with E-state index in [4.69, 9.17) is 10.5 Å². The summed E-state index contributed by atoms with van der Waals surface area (Å²) in [5, 5.41) is 17.1. The second kappa shape index (κ2) is 3.25. The second-order valence-electron chi connectivity index (χ2n) is 1.94. The molecule has 4 nitrogen and oxygen atoms in total. The molecule has 0 saturated carbocycles. The lowest BCUT2D eigenvalue weighted by Gasteiger charge is -1.92. The minimum atomic E-state index is -1.18. The summed E-state index contributed by atoms with van der Waals surface area (Å²) in [5.41, 5.74) is 1.93. The molecule has 1 aromatic heterocycles. The maximum atomic E-state index is 10.2. The third kappa shape index (κ3) is 2.12. The fraction of sp³-hybridized carbons (Fsp3) is 0.167. The lowest BCUT2D eigenvalue weighted by atomic mass is 10.2. The number of nitrogens with one attached hydrogen (secondary N) is 1. The van der Waals surface area contributed by atoms with Crippen molar-refractivity contribution in [3.8, 4) is 0 Å². The van der Waals surface area contributed by atoms with Gasteiger partial charge in [0.05, 0.1) is 11.2 Å². The van der Waals surface area contributed by atoms with Crippen molar-refractivity contribution in [1.29, 1.82) is 5.41 Å². The van der Waals surface area contributed by atoms with E-state index in [1.165, 1.54) is 11.3 Å². The number of hydrogen-bond acceptors (Lipinski definition) is 4. The molecular weight excluding hydrogens is 164 g/mol. The van der Waals surface area contributed by atoms with Crippen LogP contribution in [-0.2, 0) is 11.2 Å². The molecule has 1 heterocycles. The van der Waals surface area contributed by atoms with Crippen LogP contribution in [0.1, 0.15) is 5.69 Å². The van der Waals surface area contributed by atoms with Gasteiger partial charge in [-0.15, -0.1) is 11.3 Å².